The molecule has 0 amide bonds. The van der Waals surface area contributed by atoms with E-state index in [1.165, 1.54) is 11.8 Å². The quantitative estimate of drug-likeness (QED) is 0.771. The van der Waals surface area contributed by atoms with Crippen LogP contribution in [-0.2, 0) is 17.0 Å². The van der Waals surface area contributed by atoms with Gasteiger partial charge in [-0.2, -0.15) is 16.7 Å². The van der Waals surface area contributed by atoms with E-state index in [0.29, 0.717) is 17.4 Å². The van der Waals surface area contributed by atoms with E-state index in [2.05, 4.69) is 17.1 Å². The Bertz CT molecular complexity index is 354. The second kappa shape index (κ2) is 7.32. The SMILES string of the molecule is CCCCc1noc(CSCC(C)C(=O)O)n1. The van der Waals surface area contributed by atoms with E-state index >= 15 is 0 Å². The molecule has 1 unspecified atom stereocenters. The average molecular weight is 258 g/mol. The van der Waals surface area contributed by atoms with Gasteiger partial charge in [-0.1, -0.05) is 25.4 Å². The number of hydrogen-bond acceptors (Lipinski definition) is 5. The van der Waals surface area contributed by atoms with Gasteiger partial charge in [0.25, 0.3) is 0 Å². The molecule has 1 heterocycles. The first kappa shape index (κ1) is 14.0. The summed E-state index contributed by atoms with van der Waals surface area (Å²) in [5.74, 6) is 1.35. The van der Waals surface area contributed by atoms with Gasteiger partial charge in [-0.25, -0.2) is 0 Å². The highest BCUT2D eigenvalue weighted by Crippen LogP contribution is 2.14. The molecule has 0 saturated heterocycles. The van der Waals surface area contributed by atoms with Crippen LogP contribution in [0, 0.1) is 5.92 Å². The maximum atomic E-state index is 10.6. The predicted octanol–water partition coefficient (Wildman–Crippen LogP) is 2.37. The lowest BCUT2D eigenvalue weighted by molar-refractivity contribution is -0.140. The zero-order valence-electron chi connectivity index (χ0n) is 10.2. The van der Waals surface area contributed by atoms with Crippen molar-refractivity contribution in [2.45, 2.75) is 38.9 Å². The van der Waals surface area contributed by atoms with E-state index in [1.54, 1.807) is 6.92 Å². The fourth-order valence-electron chi connectivity index (χ4n) is 1.18. The maximum Gasteiger partial charge on any atom is 0.307 e. The van der Waals surface area contributed by atoms with Gasteiger partial charge in [0.05, 0.1) is 11.7 Å². The van der Waals surface area contributed by atoms with Crippen LogP contribution < -0.4 is 0 Å². The Morgan fingerprint density at radius 2 is 2.35 bits per heavy atom. The van der Waals surface area contributed by atoms with Gasteiger partial charge in [-0.15, -0.1) is 0 Å². The molecule has 1 aromatic heterocycles. The third-order valence-corrected chi connectivity index (χ3v) is 3.47. The van der Waals surface area contributed by atoms with Gasteiger partial charge in [0.2, 0.25) is 5.89 Å². The molecule has 1 N–H and O–H groups in total. The molecule has 17 heavy (non-hydrogen) atoms. The van der Waals surface area contributed by atoms with Gasteiger partial charge in [-0.3, -0.25) is 4.79 Å². The minimum absolute atomic E-state index is 0.345. The Hall–Kier alpha value is -1.04. The topological polar surface area (TPSA) is 76.2 Å². The first-order chi connectivity index (χ1) is 8.13. The van der Waals surface area contributed by atoms with Gasteiger partial charge in [-0.05, 0) is 6.42 Å². The van der Waals surface area contributed by atoms with Crippen LogP contribution in [0.4, 0.5) is 0 Å². The summed E-state index contributed by atoms with van der Waals surface area (Å²) in [5, 5.41) is 12.6. The largest absolute Gasteiger partial charge is 0.481 e. The molecule has 0 saturated carbocycles. The number of thioether (sulfide) groups is 1. The molecule has 0 spiro atoms. The fourth-order valence-corrected chi connectivity index (χ4v) is 2.09. The minimum atomic E-state index is -0.772. The maximum absolute atomic E-state index is 10.6. The molecule has 0 aliphatic carbocycles. The van der Waals surface area contributed by atoms with E-state index < -0.39 is 5.97 Å². The molecule has 0 aliphatic heterocycles. The van der Waals surface area contributed by atoms with Gasteiger partial charge in [0, 0.05) is 12.2 Å². The van der Waals surface area contributed by atoms with Crippen LogP contribution in [0.1, 0.15) is 38.4 Å². The molecule has 0 aliphatic rings. The van der Waals surface area contributed by atoms with Crippen molar-refractivity contribution in [2.75, 3.05) is 5.75 Å². The van der Waals surface area contributed by atoms with Crippen molar-refractivity contribution < 1.29 is 14.4 Å². The number of rotatable bonds is 8. The summed E-state index contributed by atoms with van der Waals surface area (Å²) in [6.07, 6.45) is 3.01. The normalized spacial score (nSPS) is 12.6. The highest BCUT2D eigenvalue weighted by molar-refractivity contribution is 7.98. The molecule has 6 heteroatoms. The number of hydrogen-bond donors (Lipinski definition) is 1. The second-order valence-electron chi connectivity index (χ2n) is 3.96. The Morgan fingerprint density at radius 1 is 1.59 bits per heavy atom. The molecule has 1 rings (SSSR count). The zero-order chi connectivity index (χ0) is 12.7. The van der Waals surface area contributed by atoms with Crippen LogP contribution in [-0.4, -0.2) is 27.0 Å². The predicted molar refractivity (Wildman–Crippen MR) is 65.9 cm³/mol. The van der Waals surface area contributed by atoms with Gasteiger partial charge in [0.15, 0.2) is 5.82 Å². The zero-order valence-corrected chi connectivity index (χ0v) is 11.0. The first-order valence-corrected chi connectivity index (χ1v) is 6.91. The highest BCUT2D eigenvalue weighted by atomic mass is 32.2. The van der Waals surface area contributed by atoms with Crippen LogP contribution in [0.25, 0.3) is 0 Å². The van der Waals surface area contributed by atoms with Gasteiger partial charge >= 0.3 is 5.97 Å². The van der Waals surface area contributed by atoms with E-state index in [1.807, 2.05) is 0 Å². The van der Waals surface area contributed by atoms with Crippen LogP contribution in [0.3, 0.4) is 0 Å². The molecule has 0 fully saturated rings. The number of aromatic nitrogens is 2. The summed E-state index contributed by atoms with van der Waals surface area (Å²) in [5.41, 5.74) is 0. The Morgan fingerprint density at radius 3 is 3.00 bits per heavy atom. The van der Waals surface area contributed by atoms with E-state index in [4.69, 9.17) is 9.63 Å². The van der Waals surface area contributed by atoms with Crippen molar-refractivity contribution in [3.8, 4) is 0 Å². The lowest BCUT2D eigenvalue weighted by atomic mass is 10.2. The van der Waals surface area contributed by atoms with Crippen molar-refractivity contribution in [2.24, 2.45) is 5.92 Å². The molecular formula is C11H18N2O3S. The Labute approximate surface area is 105 Å². The van der Waals surface area contributed by atoms with Crippen molar-refractivity contribution in [1.82, 2.24) is 10.1 Å². The monoisotopic (exact) mass is 258 g/mol. The molecular weight excluding hydrogens is 240 g/mol. The molecule has 96 valence electrons. The highest BCUT2D eigenvalue weighted by Gasteiger charge is 2.12. The van der Waals surface area contributed by atoms with Crippen molar-refractivity contribution in [3.63, 3.8) is 0 Å². The summed E-state index contributed by atoms with van der Waals surface area (Å²) >= 11 is 1.50. The van der Waals surface area contributed by atoms with Crippen LogP contribution in [0.2, 0.25) is 0 Å². The number of carboxylic acids is 1. The molecule has 0 aromatic carbocycles. The first-order valence-electron chi connectivity index (χ1n) is 5.75. The van der Waals surface area contributed by atoms with Crippen molar-refractivity contribution >= 4 is 17.7 Å². The number of carboxylic acid groups (broad SMARTS) is 1. The fraction of sp³-hybridized carbons (Fsp3) is 0.727. The summed E-state index contributed by atoms with van der Waals surface area (Å²) in [7, 11) is 0. The Balaban J connectivity index is 2.27. The lowest BCUT2D eigenvalue weighted by Gasteiger charge is -2.02. The van der Waals surface area contributed by atoms with Crippen molar-refractivity contribution in [3.05, 3.63) is 11.7 Å². The molecule has 5 nitrogen and oxygen atoms in total. The summed E-state index contributed by atoms with van der Waals surface area (Å²) in [6, 6.07) is 0. The van der Waals surface area contributed by atoms with Crippen LogP contribution >= 0.6 is 11.8 Å². The summed E-state index contributed by atoms with van der Waals surface area (Å²) in [6.45, 7) is 3.81. The van der Waals surface area contributed by atoms with Gasteiger partial charge in [0.1, 0.15) is 0 Å². The number of carbonyl (C=O) groups is 1. The van der Waals surface area contributed by atoms with Crippen molar-refractivity contribution in [1.29, 1.82) is 0 Å². The van der Waals surface area contributed by atoms with Gasteiger partial charge < -0.3 is 9.63 Å². The van der Waals surface area contributed by atoms with E-state index in [-0.39, 0.29) is 5.92 Å². The summed E-state index contributed by atoms with van der Waals surface area (Å²) in [4.78, 5) is 14.8. The number of aliphatic carboxylic acids is 1. The third kappa shape index (κ3) is 5.21. The molecule has 0 bridgehead atoms. The number of aryl methyl sites for hydroxylation is 1. The average Bonchev–Trinajstić information content (AvgIpc) is 2.74. The van der Waals surface area contributed by atoms with Crippen LogP contribution in [0.5, 0.6) is 0 Å². The lowest BCUT2D eigenvalue weighted by Crippen LogP contribution is -2.11. The smallest absolute Gasteiger partial charge is 0.307 e. The molecule has 1 aromatic rings. The van der Waals surface area contributed by atoms with Crippen LogP contribution in [0.15, 0.2) is 4.52 Å². The van der Waals surface area contributed by atoms with E-state index in [9.17, 15) is 4.79 Å². The number of nitrogens with zero attached hydrogens (tertiary/aromatic N) is 2. The standard InChI is InChI=1S/C11H18N2O3S/c1-3-4-5-9-12-10(16-13-9)7-17-6-8(2)11(14)15/h8H,3-7H2,1-2H3,(H,14,15). The van der Waals surface area contributed by atoms with E-state index in [0.717, 1.165) is 25.1 Å². The number of unbranched alkanes of at least 4 members (excludes halogenated alkanes) is 1. The second-order valence-corrected chi connectivity index (χ2v) is 4.99. The summed E-state index contributed by atoms with van der Waals surface area (Å²) < 4.78 is 5.07. The molecule has 0 radical (unpaired) electrons. The molecule has 1 atom stereocenters. The Kier molecular flexibility index (Phi) is 6.04. The third-order valence-electron chi connectivity index (χ3n) is 2.28. The minimum Gasteiger partial charge on any atom is -0.481 e.